The Morgan fingerprint density at radius 2 is 2.31 bits per heavy atom. The number of likely N-dealkylation sites (tertiary alicyclic amines) is 1. The van der Waals surface area contributed by atoms with Crippen LogP contribution in [0.5, 0.6) is 0 Å². The molecule has 1 fully saturated rings. The van der Waals surface area contributed by atoms with Crippen molar-refractivity contribution >= 4 is 5.91 Å². The first-order valence-electron chi connectivity index (χ1n) is 5.17. The Bertz CT molecular complexity index is 465. The van der Waals surface area contributed by atoms with E-state index >= 15 is 0 Å². The number of amides is 1. The molecule has 4 heteroatoms. The van der Waals surface area contributed by atoms with E-state index in [9.17, 15) is 9.18 Å². The normalized spacial score (nSPS) is 15.2. The van der Waals surface area contributed by atoms with Gasteiger partial charge in [-0.1, -0.05) is 6.07 Å². The zero-order chi connectivity index (χ0) is 11.5. The van der Waals surface area contributed by atoms with Crippen LogP contribution in [0.2, 0.25) is 0 Å². The lowest BCUT2D eigenvalue weighted by atomic mass is 10.1. The summed E-state index contributed by atoms with van der Waals surface area (Å²) in [4.78, 5) is 13.0. The van der Waals surface area contributed by atoms with Crippen molar-refractivity contribution in [1.82, 2.24) is 4.90 Å². The summed E-state index contributed by atoms with van der Waals surface area (Å²) in [6.45, 7) is 0.995. The van der Waals surface area contributed by atoms with Gasteiger partial charge in [-0.15, -0.1) is 0 Å². The highest BCUT2D eigenvalue weighted by molar-refractivity contribution is 5.78. The molecule has 0 atom stereocenters. The first-order valence-corrected chi connectivity index (χ1v) is 5.17. The van der Waals surface area contributed by atoms with E-state index in [2.05, 4.69) is 0 Å². The summed E-state index contributed by atoms with van der Waals surface area (Å²) in [6.07, 6.45) is 1.40. The zero-order valence-electron chi connectivity index (χ0n) is 8.74. The van der Waals surface area contributed by atoms with Gasteiger partial charge in [0.2, 0.25) is 5.91 Å². The molecule has 0 spiro atoms. The lowest BCUT2D eigenvalue weighted by molar-refractivity contribution is -0.128. The first-order chi connectivity index (χ1) is 7.70. The number of rotatable bonds is 2. The minimum Gasteiger partial charge on any atom is -0.338 e. The third-order valence-corrected chi connectivity index (χ3v) is 2.71. The van der Waals surface area contributed by atoms with Gasteiger partial charge in [0.05, 0.1) is 11.6 Å². The lowest BCUT2D eigenvalue weighted by Crippen LogP contribution is -2.24. The molecule has 0 aromatic heterocycles. The Hall–Kier alpha value is -1.89. The molecule has 0 N–H and O–H groups in total. The number of halogens is 1. The second-order valence-corrected chi connectivity index (χ2v) is 3.84. The standard InChI is InChI=1S/C12H11FN2O/c13-11-6-9(7-14)3-4-10(11)8-15-5-1-2-12(15)16/h3-4,6H,1-2,5,8H2. The van der Waals surface area contributed by atoms with Crippen LogP contribution in [0.1, 0.15) is 24.0 Å². The highest BCUT2D eigenvalue weighted by Crippen LogP contribution is 2.17. The van der Waals surface area contributed by atoms with Crippen LogP contribution in [0.4, 0.5) is 4.39 Å². The number of benzene rings is 1. The van der Waals surface area contributed by atoms with Crippen LogP contribution in [0.3, 0.4) is 0 Å². The lowest BCUT2D eigenvalue weighted by Gasteiger charge is -2.15. The molecule has 0 radical (unpaired) electrons. The van der Waals surface area contributed by atoms with Crippen molar-refractivity contribution in [2.75, 3.05) is 6.54 Å². The van der Waals surface area contributed by atoms with Gasteiger partial charge in [-0.3, -0.25) is 4.79 Å². The largest absolute Gasteiger partial charge is 0.338 e. The smallest absolute Gasteiger partial charge is 0.222 e. The first kappa shape index (κ1) is 10.6. The SMILES string of the molecule is N#Cc1ccc(CN2CCCC2=O)c(F)c1. The van der Waals surface area contributed by atoms with Crippen molar-refractivity contribution in [3.8, 4) is 6.07 Å². The van der Waals surface area contributed by atoms with E-state index < -0.39 is 5.82 Å². The molecule has 3 nitrogen and oxygen atoms in total. The predicted octanol–water partition coefficient (Wildman–Crippen LogP) is 1.82. The summed E-state index contributed by atoms with van der Waals surface area (Å²) in [5, 5.41) is 8.60. The monoisotopic (exact) mass is 218 g/mol. The quantitative estimate of drug-likeness (QED) is 0.760. The number of carbonyl (C=O) groups excluding carboxylic acids is 1. The van der Waals surface area contributed by atoms with Gasteiger partial charge >= 0.3 is 0 Å². The average molecular weight is 218 g/mol. The number of hydrogen-bond donors (Lipinski definition) is 0. The third kappa shape index (κ3) is 2.03. The van der Waals surface area contributed by atoms with Crippen molar-refractivity contribution in [3.63, 3.8) is 0 Å². The van der Waals surface area contributed by atoms with Gasteiger partial charge in [0, 0.05) is 25.1 Å². The van der Waals surface area contributed by atoms with Gasteiger partial charge in [-0.2, -0.15) is 5.26 Å². The summed E-state index contributed by atoms with van der Waals surface area (Å²) in [5.41, 5.74) is 0.767. The van der Waals surface area contributed by atoms with Crippen LogP contribution in [-0.2, 0) is 11.3 Å². The molecule has 1 aliphatic rings. The summed E-state index contributed by atoms with van der Waals surface area (Å²) in [5.74, 6) is -0.345. The van der Waals surface area contributed by atoms with Gasteiger partial charge in [0.15, 0.2) is 0 Å². The number of hydrogen-bond acceptors (Lipinski definition) is 2. The van der Waals surface area contributed by atoms with Gasteiger partial charge < -0.3 is 4.90 Å². The molecule has 0 bridgehead atoms. The summed E-state index contributed by atoms with van der Waals surface area (Å²) >= 11 is 0. The highest BCUT2D eigenvalue weighted by atomic mass is 19.1. The molecule has 1 aromatic rings. The van der Waals surface area contributed by atoms with Gasteiger partial charge in [0.25, 0.3) is 0 Å². The molecule has 1 amide bonds. The predicted molar refractivity (Wildman–Crippen MR) is 55.8 cm³/mol. The van der Waals surface area contributed by atoms with E-state index in [1.807, 2.05) is 6.07 Å². The molecule has 0 saturated carbocycles. The molecule has 1 aliphatic heterocycles. The molecule has 1 heterocycles. The second-order valence-electron chi connectivity index (χ2n) is 3.84. The van der Waals surface area contributed by atoms with Gasteiger partial charge in [-0.25, -0.2) is 4.39 Å². The van der Waals surface area contributed by atoms with E-state index in [4.69, 9.17) is 5.26 Å². The zero-order valence-corrected chi connectivity index (χ0v) is 8.74. The summed E-state index contributed by atoms with van der Waals surface area (Å²) in [6, 6.07) is 6.22. The molecule has 82 valence electrons. The van der Waals surface area contributed by atoms with Crippen molar-refractivity contribution < 1.29 is 9.18 Å². The fourth-order valence-electron chi connectivity index (χ4n) is 1.82. The number of carbonyl (C=O) groups is 1. The van der Waals surface area contributed by atoms with Gasteiger partial charge in [-0.05, 0) is 18.6 Å². The maximum atomic E-state index is 13.5. The van der Waals surface area contributed by atoms with Crippen LogP contribution in [0.25, 0.3) is 0 Å². The number of nitrogens with zero attached hydrogens (tertiary/aromatic N) is 2. The second kappa shape index (κ2) is 4.31. The molecule has 0 unspecified atom stereocenters. The Labute approximate surface area is 93.1 Å². The van der Waals surface area contributed by atoms with Crippen LogP contribution < -0.4 is 0 Å². The maximum Gasteiger partial charge on any atom is 0.222 e. The van der Waals surface area contributed by atoms with Crippen LogP contribution in [0, 0.1) is 17.1 Å². The summed E-state index contributed by atoms with van der Waals surface area (Å²) < 4.78 is 13.5. The maximum absolute atomic E-state index is 13.5. The van der Waals surface area contributed by atoms with Crippen molar-refractivity contribution in [2.45, 2.75) is 19.4 Å². The Morgan fingerprint density at radius 1 is 1.50 bits per heavy atom. The average Bonchev–Trinajstić information content (AvgIpc) is 2.67. The van der Waals surface area contributed by atoms with Crippen LogP contribution in [0.15, 0.2) is 18.2 Å². The molecular formula is C12H11FN2O. The van der Waals surface area contributed by atoms with E-state index in [-0.39, 0.29) is 5.91 Å². The topological polar surface area (TPSA) is 44.1 Å². The Balaban J connectivity index is 2.16. The van der Waals surface area contributed by atoms with E-state index in [1.165, 1.54) is 6.07 Å². The Kier molecular flexibility index (Phi) is 2.86. The molecule has 16 heavy (non-hydrogen) atoms. The van der Waals surface area contributed by atoms with Crippen LogP contribution >= 0.6 is 0 Å². The molecular weight excluding hydrogens is 207 g/mol. The van der Waals surface area contributed by atoms with E-state index in [0.29, 0.717) is 30.6 Å². The van der Waals surface area contributed by atoms with E-state index in [1.54, 1.807) is 17.0 Å². The highest BCUT2D eigenvalue weighted by Gasteiger charge is 2.21. The molecule has 2 rings (SSSR count). The Morgan fingerprint density at radius 3 is 2.88 bits per heavy atom. The fraction of sp³-hybridized carbons (Fsp3) is 0.333. The van der Waals surface area contributed by atoms with Crippen molar-refractivity contribution in [2.24, 2.45) is 0 Å². The van der Waals surface area contributed by atoms with Gasteiger partial charge in [0.1, 0.15) is 5.82 Å². The molecule has 1 aromatic carbocycles. The number of nitriles is 1. The summed E-state index contributed by atoms with van der Waals surface area (Å²) in [7, 11) is 0. The minimum absolute atomic E-state index is 0.0729. The van der Waals surface area contributed by atoms with Crippen molar-refractivity contribution in [1.29, 1.82) is 5.26 Å². The minimum atomic E-state index is -0.418. The molecule has 0 aliphatic carbocycles. The molecule has 1 saturated heterocycles. The van der Waals surface area contributed by atoms with E-state index in [0.717, 1.165) is 6.42 Å². The fourth-order valence-corrected chi connectivity index (χ4v) is 1.82. The van der Waals surface area contributed by atoms with Crippen molar-refractivity contribution in [3.05, 3.63) is 35.1 Å². The van der Waals surface area contributed by atoms with Crippen LogP contribution in [-0.4, -0.2) is 17.4 Å². The third-order valence-electron chi connectivity index (χ3n) is 2.71.